The van der Waals surface area contributed by atoms with Gasteiger partial charge in [0, 0.05) is 11.4 Å². The van der Waals surface area contributed by atoms with Crippen LogP contribution in [0, 0.1) is 12.7 Å². The first-order valence-electron chi connectivity index (χ1n) is 6.29. The highest BCUT2D eigenvalue weighted by atomic mass is 35.5. The Bertz CT molecular complexity index is 613. The van der Waals surface area contributed by atoms with Crippen LogP contribution in [0.25, 0.3) is 0 Å². The van der Waals surface area contributed by atoms with Gasteiger partial charge in [0.05, 0.1) is 13.2 Å². The van der Waals surface area contributed by atoms with Gasteiger partial charge in [-0.05, 0) is 35.7 Å². The van der Waals surface area contributed by atoms with Crippen molar-refractivity contribution in [1.29, 1.82) is 0 Å². The first-order valence-corrected chi connectivity index (χ1v) is 6.67. The van der Waals surface area contributed by atoms with Crippen molar-refractivity contribution in [2.45, 2.75) is 19.4 Å². The number of hydrogen-bond acceptors (Lipinski definition) is 2. The molecule has 0 aliphatic heterocycles. The number of aliphatic hydroxyl groups excluding tert-OH is 1. The minimum Gasteiger partial charge on any atom is -0.494 e. The van der Waals surface area contributed by atoms with E-state index in [4.69, 9.17) is 16.3 Å². The van der Waals surface area contributed by atoms with Crippen LogP contribution in [0.2, 0.25) is 5.02 Å². The van der Waals surface area contributed by atoms with E-state index in [1.165, 1.54) is 7.11 Å². The van der Waals surface area contributed by atoms with E-state index in [2.05, 4.69) is 0 Å². The molecule has 2 rings (SSSR count). The Morgan fingerprint density at radius 3 is 2.65 bits per heavy atom. The molecule has 2 aromatic rings. The molecule has 2 nitrogen and oxygen atoms in total. The third kappa shape index (κ3) is 2.94. The monoisotopic (exact) mass is 294 g/mol. The lowest BCUT2D eigenvalue weighted by Crippen LogP contribution is -2.06. The molecule has 0 aliphatic carbocycles. The van der Waals surface area contributed by atoms with Gasteiger partial charge in [0.15, 0.2) is 11.6 Å². The third-order valence-corrected chi connectivity index (χ3v) is 3.75. The highest BCUT2D eigenvalue weighted by Crippen LogP contribution is 2.29. The lowest BCUT2D eigenvalue weighted by Gasteiger charge is -2.15. The smallest absolute Gasteiger partial charge is 0.168 e. The predicted octanol–water partition coefficient (Wildman–Crippen LogP) is 4.07. The number of aliphatic hydroxyl groups is 1. The number of halogens is 2. The summed E-state index contributed by atoms with van der Waals surface area (Å²) in [5.41, 5.74) is 1.93. The maximum absolute atomic E-state index is 14.1. The zero-order valence-electron chi connectivity index (χ0n) is 11.4. The van der Waals surface area contributed by atoms with Crippen molar-refractivity contribution < 1.29 is 14.2 Å². The Morgan fingerprint density at radius 2 is 1.95 bits per heavy atom. The maximum Gasteiger partial charge on any atom is 0.168 e. The summed E-state index contributed by atoms with van der Waals surface area (Å²) in [4.78, 5) is 0. The molecule has 106 valence electrons. The van der Waals surface area contributed by atoms with Crippen LogP contribution in [0.1, 0.15) is 22.8 Å². The van der Waals surface area contributed by atoms with Crippen LogP contribution >= 0.6 is 11.6 Å². The van der Waals surface area contributed by atoms with Crippen LogP contribution in [0.3, 0.4) is 0 Å². The van der Waals surface area contributed by atoms with Crippen LogP contribution in [-0.2, 0) is 6.42 Å². The summed E-state index contributed by atoms with van der Waals surface area (Å²) in [5.74, 6) is -0.258. The Labute approximate surface area is 122 Å². The van der Waals surface area contributed by atoms with Crippen LogP contribution in [0.4, 0.5) is 4.39 Å². The van der Waals surface area contributed by atoms with Gasteiger partial charge in [0.1, 0.15) is 0 Å². The van der Waals surface area contributed by atoms with Crippen LogP contribution in [0.5, 0.6) is 5.75 Å². The molecular weight excluding hydrogens is 279 g/mol. The van der Waals surface area contributed by atoms with Crippen molar-refractivity contribution in [3.63, 3.8) is 0 Å². The van der Waals surface area contributed by atoms with E-state index in [0.717, 1.165) is 5.56 Å². The molecule has 0 bridgehead atoms. The van der Waals surface area contributed by atoms with Crippen molar-refractivity contribution in [3.05, 3.63) is 63.9 Å². The lowest BCUT2D eigenvalue weighted by atomic mass is 9.97. The molecule has 0 fully saturated rings. The van der Waals surface area contributed by atoms with E-state index in [-0.39, 0.29) is 12.2 Å². The summed E-state index contributed by atoms with van der Waals surface area (Å²) in [6, 6.07) is 10.2. The normalized spacial score (nSPS) is 12.2. The van der Waals surface area contributed by atoms with Gasteiger partial charge in [-0.15, -0.1) is 0 Å². The summed E-state index contributed by atoms with van der Waals surface area (Å²) in [7, 11) is 1.42. The number of ether oxygens (including phenoxy) is 1. The zero-order valence-corrected chi connectivity index (χ0v) is 12.1. The van der Waals surface area contributed by atoms with Gasteiger partial charge >= 0.3 is 0 Å². The predicted molar refractivity (Wildman–Crippen MR) is 77.8 cm³/mol. The van der Waals surface area contributed by atoms with E-state index < -0.39 is 11.9 Å². The van der Waals surface area contributed by atoms with Crippen molar-refractivity contribution in [2.24, 2.45) is 0 Å². The van der Waals surface area contributed by atoms with E-state index in [1.54, 1.807) is 36.4 Å². The maximum atomic E-state index is 14.1. The van der Waals surface area contributed by atoms with Gasteiger partial charge in [0.2, 0.25) is 0 Å². The van der Waals surface area contributed by atoms with Crippen molar-refractivity contribution in [3.8, 4) is 5.75 Å². The SMILES string of the molecule is COc1cccc(CC(O)c2cccc(Cl)c2C)c1F. The fourth-order valence-corrected chi connectivity index (χ4v) is 2.36. The molecule has 4 heteroatoms. The van der Waals surface area contributed by atoms with E-state index in [1.807, 2.05) is 6.92 Å². The number of rotatable bonds is 4. The van der Waals surface area contributed by atoms with Crippen LogP contribution in [0.15, 0.2) is 36.4 Å². The summed E-state index contributed by atoms with van der Waals surface area (Å²) in [5, 5.41) is 10.9. The summed E-state index contributed by atoms with van der Waals surface area (Å²) in [6.45, 7) is 1.84. The molecule has 2 aromatic carbocycles. The molecule has 1 unspecified atom stereocenters. The molecule has 0 amide bonds. The standard InChI is InChI=1S/C16H16ClFO2/c1-10-12(6-4-7-13(10)17)14(19)9-11-5-3-8-15(20-2)16(11)18/h3-8,14,19H,9H2,1-2H3. The number of benzene rings is 2. The molecule has 0 saturated heterocycles. The lowest BCUT2D eigenvalue weighted by molar-refractivity contribution is 0.176. The minimum absolute atomic E-state index is 0.171. The van der Waals surface area contributed by atoms with Gasteiger partial charge in [-0.3, -0.25) is 0 Å². The highest BCUT2D eigenvalue weighted by molar-refractivity contribution is 6.31. The van der Waals surface area contributed by atoms with Gasteiger partial charge in [-0.1, -0.05) is 35.9 Å². The molecule has 0 aliphatic rings. The topological polar surface area (TPSA) is 29.5 Å². The molecule has 0 radical (unpaired) electrons. The van der Waals surface area contributed by atoms with Crippen LogP contribution < -0.4 is 4.74 Å². The second-order valence-corrected chi connectivity index (χ2v) is 5.01. The largest absolute Gasteiger partial charge is 0.494 e. The third-order valence-electron chi connectivity index (χ3n) is 3.35. The van der Waals surface area contributed by atoms with E-state index >= 15 is 0 Å². The minimum atomic E-state index is -0.810. The van der Waals surface area contributed by atoms with Gasteiger partial charge in [0.25, 0.3) is 0 Å². The Balaban J connectivity index is 2.28. The quantitative estimate of drug-likeness (QED) is 0.921. The average Bonchev–Trinajstić information content (AvgIpc) is 2.44. The highest BCUT2D eigenvalue weighted by Gasteiger charge is 2.16. The van der Waals surface area contributed by atoms with Crippen molar-refractivity contribution in [1.82, 2.24) is 0 Å². The average molecular weight is 295 g/mol. The Kier molecular flexibility index (Phi) is 4.63. The van der Waals surface area contributed by atoms with Crippen LogP contribution in [-0.4, -0.2) is 12.2 Å². The molecular formula is C16H16ClFO2. The molecule has 0 saturated carbocycles. The van der Waals surface area contributed by atoms with Crippen molar-refractivity contribution in [2.75, 3.05) is 7.11 Å². The fourth-order valence-electron chi connectivity index (χ4n) is 2.17. The molecule has 20 heavy (non-hydrogen) atoms. The Hall–Kier alpha value is -1.58. The second kappa shape index (κ2) is 6.25. The molecule has 1 atom stereocenters. The first-order chi connectivity index (χ1) is 9.54. The van der Waals surface area contributed by atoms with Gasteiger partial charge < -0.3 is 9.84 Å². The summed E-state index contributed by atoms with van der Waals surface area (Å²) < 4.78 is 19.0. The summed E-state index contributed by atoms with van der Waals surface area (Å²) in [6.07, 6.45) is -0.639. The van der Waals surface area contributed by atoms with E-state index in [0.29, 0.717) is 16.1 Å². The molecule has 1 N–H and O–H groups in total. The first kappa shape index (κ1) is 14.8. The summed E-state index contributed by atoms with van der Waals surface area (Å²) >= 11 is 6.03. The van der Waals surface area contributed by atoms with Gasteiger partial charge in [-0.2, -0.15) is 0 Å². The fraction of sp³-hybridized carbons (Fsp3) is 0.250. The number of hydrogen-bond donors (Lipinski definition) is 1. The second-order valence-electron chi connectivity index (χ2n) is 4.61. The van der Waals surface area contributed by atoms with E-state index in [9.17, 15) is 9.50 Å². The van der Waals surface area contributed by atoms with Gasteiger partial charge in [-0.25, -0.2) is 4.39 Å². The zero-order chi connectivity index (χ0) is 14.7. The van der Waals surface area contributed by atoms with Crippen molar-refractivity contribution >= 4 is 11.6 Å². The number of methoxy groups -OCH3 is 1. The molecule has 0 aromatic heterocycles. The molecule has 0 spiro atoms. The Morgan fingerprint density at radius 1 is 1.25 bits per heavy atom. The molecule has 0 heterocycles.